The van der Waals surface area contributed by atoms with Gasteiger partial charge in [-0.3, -0.25) is 14.4 Å². The molecule has 3 heterocycles. The number of aromatic nitrogens is 1. The largest absolute Gasteiger partial charge is 0.478 e. The summed E-state index contributed by atoms with van der Waals surface area (Å²) in [5.74, 6) is -3.03. The summed E-state index contributed by atoms with van der Waals surface area (Å²) in [7, 11) is 0. The van der Waals surface area contributed by atoms with Crippen LogP contribution < -0.4 is 10.9 Å². The monoisotopic (exact) mass is 746 g/mol. The number of carbonyl (C=O) groups is 4. The van der Waals surface area contributed by atoms with Gasteiger partial charge in [0.2, 0.25) is 5.91 Å². The van der Waals surface area contributed by atoms with E-state index >= 15 is 0 Å². The Bertz CT molecular complexity index is 1290. The predicted molar refractivity (Wildman–Crippen MR) is 132 cm³/mol. The van der Waals surface area contributed by atoms with Crippen LogP contribution in [0.1, 0.15) is 38.0 Å². The zero-order valence-electron chi connectivity index (χ0n) is 14.7. The predicted octanol–water partition coefficient (Wildman–Crippen LogP) is 3.30. The van der Waals surface area contributed by atoms with Gasteiger partial charge in [-0.1, -0.05) is 0 Å². The number of anilines is 1. The summed E-state index contributed by atoms with van der Waals surface area (Å²) < 4.78 is 1.96. The lowest BCUT2D eigenvalue weighted by molar-refractivity contribution is -0.114. The molecule has 5 rings (SSSR count). The number of hydrogen-bond acceptors (Lipinski definition) is 5. The van der Waals surface area contributed by atoms with Crippen LogP contribution in [-0.4, -0.2) is 38.5 Å². The van der Waals surface area contributed by atoms with Gasteiger partial charge in [0, 0.05) is 10.5 Å². The summed E-state index contributed by atoms with van der Waals surface area (Å²) in [4.78, 5) is 56.0. The van der Waals surface area contributed by atoms with E-state index in [1.807, 2.05) is 0 Å². The Morgan fingerprint density at radius 2 is 1.47 bits per heavy atom. The van der Waals surface area contributed by atoms with Crippen molar-refractivity contribution in [2.24, 2.45) is 0 Å². The molecule has 0 aliphatic carbocycles. The number of rotatable bonds is 3. The van der Waals surface area contributed by atoms with Crippen molar-refractivity contribution in [3.8, 4) is 0 Å². The number of carboxylic acid groups (broad SMARTS) is 2. The van der Waals surface area contributed by atoms with Crippen LogP contribution in [0, 0.1) is 10.7 Å². The van der Waals surface area contributed by atoms with Crippen LogP contribution >= 0.6 is 67.8 Å². The smallest absolute Gasteiger partial charge is 0.337 e. The first-order chi connectivity index (χ1) is 14.0. The van der Waals surface area contributed by atoms with Gasteiger partial charge < -0.3 is 15.5 Å². The molecule has 3 aromatic rings. The third kappa shape index (κ3) is 3.68. The van der Waals surface area contributed by atoms with E-state index in [0.29, 0.717) is 23.6 Å². The maximum atomic E-state index is 11.2. The highest BCUT2D eigenvalue weighted by Gasteiger charge is 2.28. The number of carboxylic acids is 2. The Kier molecular flexibility index (Phi) is 6.38. The lowest BCUT2D eigenvalue weighted by Gasteiger charge is -2.15. The first-order valence-corrected chi connectivity index (χ1v) is 11.2. The third-order valence-electron chi connectivity index (χ3n) is 4.17. The molecule has 2 aromatic carbocycles. The molecule has 30 heavy (non-hydrogen) atoms. The molecule has 1 amide bonds. The Morgan fingerprint density at radius 3 is 1.80 bits per heavy atom. The highest BCUT2D eigenvalue weighted by atomic mass is 127. The van der Waals surface area contributed by atoms with Crippen LogP contribution in [0.25, 0.3) is 10.9 Å². The standard InChI is InChI=1S/C10H6I3NO5.C8H3NO2/c1-2(15)14-8-6(12)3(9(16)17)5(11)4(7(8)13)10(18)19;10-7-5-2-1-4-3-6(5)8(11)9(4)7/h1H3,(H,14,15)(H,16,17)(H,18,19);1-3H. The van der Waals surface area contributed by atoms with Crippen LogP contribution in [0.15, 0.2) is 23.0 Å². The number of halogens is 3. The van der Waals surface area contributed by atoms with Gasteiger partial charge in [-0.15, -0.1) is 0 Å². The molecular formula is C18H9I3N2O7. The van der Waals surface area contributed by atoms with Crippen molar-refractivity contribution < 1.29 is 29.4 Å². The lowest BCUT2D eigenvalue weighted by atomic mass is 10.1. The Hall–Kier alpha value is -1.82. The molecule has 0 unspecified atom stereocenters. The molecule has 154 valence electrons. The molecule has 2 aliphatic rings. The topological polar surface area (TPSA) is 143 Å². The van der Waals surface area contributed by atoms with Crippen molar-refractivity contribution >= 4 is 108 Å². The van der Waals surface area contributed by atoms with Gasteiger partial charge >= 0.3 is 11.9 Å². The molecular weight excluding hydrogens is 737 g/mol. The van der Waals surface area contributed by atoms with E-state index in [9.17, 15) is 34.2 Å². The second-order valence-corrected chi connectivity index (χ2v) is 9.27. The molecule has 0 fully saturated rings. The summed E-state index contributed by atoms with van der Waals surface area (Å²) in [5, 5.41) is 21.4. The lowest BCUT2D eigenvalue weighted by Crippen LogP contribution is -2.17. The van der Waals surface area contributed by atoms with Crippen molar-refractivity contribution in [3.05, 3.63) is 56.0 Å². The van der Waals surface area contributed by atoms with E-state index in [4.69, 9.17) is 0 Å². The fourth-order valence-corrected chi connectivity index (χ4v) is 7.29. The van der Waals surface area contributed by atoms with Crippen LogP contribution in [0.3, 0.4) is 0 Å². The van der Waals surface area contributed by atoms with Crippen molar-refractivity contribution in [3.63, 3.8) is 0 Å². The fraction of sp³-hybridized carbons (Fsp3) is 0.0556. The minimum atomic E-state index is -1.24. The Labute approximate surface area is 208 Å². The minimum absolute atomic E-state index is 0.122. The maximum absolute atomic E-state index is 11.2. The van der Waals surface area contributed by atoms with Gasteiger partial charge in [0.15, 0.2) is 0 Å². The second kappa shape index (κ2) is 8.37. The molecule has 2 aliphatic heterocycles. The van der Waals surface area contributed by atoms with Gasteiger partial charge in [-0.05, 0) is 86.0 Å². The van der Waals surface area contributed by atoms with Gasteiger partial charge in [0.25, 0.3) is 11.5 Å². The highest BCUT2D eigenvalue weighted by molar-refractivity contribution is 14.1. The Morgan fingerprint density at radius 1 is 0.933 bits per heavy atom. The molecule has 3 N–H and O–H groups in total. The van der Waals surface area contributed by atoms with Crippen LogP contribution in [0.4, 0.5) is 5.69 Å². The highest BCUT2D eigenvalue weighted by Crippen LogP contribution is 2.35. The number of fused-ring (bicyclic) bond motifs is 1. The molecule has 12 heteroatoms. The summed E-state index contributed by atoms with van der Waals surface area (Å²) in [6, 6.07) is 5.23. The first-order valence-electron chi connectivity index (χ1n) is 7.94. The number of nitrogens with one attached hydrogen (secondary N) is 1. The van der Waals surface area contributed by atoms with E-state index in [1.165, 1.54) is 11.5 Å². The quantitative estimate of drug-likeness (QED) is 0.274. The van der Waals surface area contributed by atoms with Crippen LogP contribution in [0.5, 0.6) is 0 Å². The van der Waals surface area contributed by atoms with Crippen LogP contribution in [-0.2, 0) is 4.79 Å². The van der Waals surface area contributed by atoms with E-state index < -0.39 is 17.8 Å². The average molecular weight is 746 g/mol. The molecule has 1 aromatic heterocycles. The summed E-state index contributed by atoms with van der Waals surface area (Å²) in [5.41, 5.74) is 1.08. The summed E-state index contributed by atoms with van der Waals surface area (Å²) >= 11 is 5.25. The van der Waals surface area contributed by atoms with Crippen molar-refractivity contribution in [1.82, 2.24) is 4.57 Å². The molecule has 0 radical (unpaired) electrons. The molecule has 0 spiro atoms. The maximum Gasteiger partial charge on any atom is 0.337 e. The number of aromatic carboxylic acids is 2. The molecule has 4 bridgehead atoms. The number of benzene rings is 2. The van der Waals surface area contributed by atoms with E-state index in [1.54, 1.807) is 86.0 Å². The molecule has 0 saturated carbocycles. The van der Waals surface area contributed by atoms with Crippen molar-refractivity contribution in [2.75, 3.05) is 5.32 Å². The van der Waals surface area contributed by atoms with Gasteiger partial charge in [0.05, 0.1) is 40.4 Å². The zero-order valence-corrected chi connectivity index (χ0v) is 21.2. The Balaban J connectivity index is 0.000000193. The van der Waals surface area contributed by atoms with E-state index in [2.05, 4.69) is 5.32 Å². The number of hydrogen-bond donors (Lipinski definition) is 3. The number of carbonyl (C=O) groups excluding carboxylic acids is 2. The number of pyridine rings is 2. The van der Waals surface area contributed by atoms with Crippen LogP contribution in [0.2, 0.25) is 0 Å². The number of nitrogens with zero attached hydrogens (tertiary/aromatic N) is 1. The summed E-state index contributed by atoms with van der Waals surface area (Å²) in [6.45, 7) is 1.27. The van der Waals surface area contributed by atoms with Crippen molar-refractivity contribution in [1.29, 1.82) is 0 Å². The fourth-order valence-electron chi connectivity index (χ4n) is 2.93. The zero-order chi connectivity index (χ0) is 22.5. The van der Waals surface area contributed by atoms with E-state index in [-0.39, 0.29) is 31.9 Å². The molecule has 0 saturated heterocycles. The third-order valence-corrected chi connectivity index (χ3v) is 7.41. The second-order valence-electron chi connectivity index (χ2n) is 6.03. The van der Waals surface area contributed by atoms with Crippen molar-refractivity contribution in [2.45, 2.75) is 6.92 Å². The van der Waals surface area contributed by atoms with E-state index in [0.717, 1.165) is 0 Å². The van der Waals surface area contributed by atoms with Gasteiger partial charge in [-0.25, -0.2) is 14.2 Å². The normalized spacial score (nSPS) is 11.5. The summed E-state index contributed by atoms with van der Waals surface area (Å²) in [6.07, 6.45) is 0. The van der Waals surface area contributed by atoms with Gasteiger partial charge in [-0.2, -0.15) is 0 Å². The van der Waals surface area contributed by atoms with Gasteiger partial charge in [0.1, 0.15) is 0 Å². The minimum Gasteiger partial charge on any atom is -0.478 e. The molecule has 9 nitrogen and oxygen atoms in total. The SMILES string of the molecule is CC(=O)Nc1c(I)c(C(=O)O)c(I)c(C(=O)O)c1I.O=C1c2cc3ccc2c(=O)n31. The first kappa shape index (κ1) is 22.9. The average Bonchev–Trinajstić information content (AvgIpc) is 3.02. The number of amides is 1. The molecule has 0 atom stereocenters.